The van der Waals surface area contributed by atoms with E-state index < -0.39 is 0 Å². The van der Waals surface area contributed by atoms with E-state index in [1.165, 1.54) is 0 Å². The maximum atomic E-state index is 6.07. The first-order chi connectivity index (χ1) is 9.34. The molecule has 0 aliphatic carbocycles. The lowest BCUT2D eigenvalue weighted by molar-refractivity contribution is -0.590. The summed E-state index contributed by atoms with van der Waals surface area (Å²) >= 11 is 0. The summed E-state index contributed by atoms with van der Waals surface area (Å²) in [6, 6.07) is 5.93. The number of nitrogens with one attached hydrogen (secondary N) is 2. The Morgan fingerprint density at radius 2 is 1.75 bits per heavy atom. The largest absolute Gasteiger partial charge is 0.494 e. The van der Waals surface area contributed by atoms with Gasteiger partial charge in [0.05, 0.1) is 18.2 Å². The summed E-state index contributed by atoms with van der Waals surface area (Å²) in [5, 5.41) is 6.90. The van der Waals surface area contributed by atoms with Crippen molar-refractivity contribution in [2.75, 3.05) is 12.4 Å². The molecule has 0 amide bonds. The average molecular weight is 275 g/mol. The molecule has 0 atom stereocenters. The predicted octanol–water partition coefficient (Wildman–Crippen LogP) is 1.59. The molecule has 0 radical (unpaired) electrons. The van der Waals surface area contributed by atoms with Gasteiger partial charge in [-0.2, -0.15) is 0 Å². The molecule has 2 heterocycles. The third kappa shape index (κ3) is 1.91. The van der Waals surface area contributed by atoms with Crippen LogP contribution in [0, 0.1) is 0 Å². The summed E-state index contributed by atoms with van der Waals surface area (Å²) in [6.07, 6.45) is 0. The van der Waals surface area contributed by atoms with Crippen molar-refractivity contribution in [1.29, 1.82) is 0 Å². The first-order valence-corrected chi connectivity index (χ1v) is 6.81. The van der Waals surface area contributed by atoms with Crippen LogP contribution in [-0.2, 0) is 9.31 Å². The summed E-state index contributed by atoms with van der Waals surface area (Å²) in [4.78, 5) is 0. The summed E-state index contributed by atoms with van der Waals surface area (Å²) in [7, 11) is 1.49. The van der Waals surface area contributed by atoms with E-state index in [9.17, 15) is 0 Å². The van der Waals surface area contributed by atoms with Gasteiger partial charge in [0.25, 0.3) is 0 Å². The van der Waals surface area contributed by atoms with E-state index >= 15 is 0 Å². The molecular weight excluding hydrogens is 255 g/mol. The molecule has 1 aliphatic rings. The van der Waals surface area contributed by atoms with Gasteiger partial charge in [-0.3, -0.25) is 5.32 Å². The zero-order chi connectivity index (χ0) is 14.5. The first-order valence-electron chi connectivity index (χ1n) is 6.81. The Bertz CT molecular complexity index is 635. The van der Waals surface area contributed by atoms with Crippen LogP contribution in [0.4, 0.5) is 5.82 Å². The van der Waals surface area contributed by atoms with Crippen molar-refractivity contribution in [2.45, 2.75) is 38.9 Å². The monoisotopic (exact) mass is 275 g/mol. The summed E-state index contributed by atoms with van der Waals surface area (Å²) in [6.45, 7) is 8.21. The molecule has 0 spiro atoms. The van der Waals surface area contributed by atoms with Crippen molar-refractivity contribution in [3.05, 3.63) is 18.2 Å². The number of fused-ring (bicyclic) bond motifs is 1. The molecule has 0 bridgehead atoms. The molecule has 2 aromatic rings. The Morgan fingerprint density at radius 1 is 1.10 bits per heavy atom. The second-order valence-electron chi connectivity index (χ2n) is 6.17. The Morgan fingerprint density at radius 3 is 2.35 bits per heavy atom. The van der Waals surface area contributed by atoms with E-state index in [0.29, 0.717) is 0 Å². The normalized spacial score (nSPS) is 20.6. The van der Waals surface area contributed by atoms with Crippen molar-refractivity contribution < 1.29 is 19.0 Å². The smallest absolute Gasteiger partial charge is 0.399 e. The molecule has 1 saturated heterocycles. The molecule has 0 saturated carbocycles. The van der Waals surface area contributed by atoms with Gasteiger partial charge in [-0.05, 0) is 45.3 Å². The van der Waals surface area contributed by atoms with E-state index in [4.69, 9.17) is 13.8 Å². The minimum atomic E-state index is -0.357. The number of H-pyrrole nitrogens is 1. The Labute approximate surface area is 118 Å². The molecule has 6 heteroatoms. The van der Waals surface area contributed by atoms with Crippen LogP contribution in [-0.4, -0.2) is 25.4 Å². The molecule has 1 fully saturated rings. The maximum Gasteiger partial charge on any atom is 0.494 e. The van der Waals surface area contributed by atoms with Crippen LogP contribution >= 0.6 is 0 Å². The van der Waals surface area contributed by atoms with Crippen molar-refractivity contribution in [2.24, 2.45) is 0 Å². The topological polar surface area (TPSA) is 57.8 Å². The van der Waals surface area contributed by atoms with E-state index in [2.05, 4.69) is 38.2 Å². The van der Waals surface area contributed by atoms with Gasteiger partial charge in [-0.25, -0.2) is 0 Å². The van der Waals surface area contributed by atoms with E-state index in [-0.39, 0.29) is 18.3 Å². The number of hydrogen-bond donors (Lipinski definition) is 1. The fourth-order valence-electron chi connectivity index (χ4n) is 2.30. The minimum Gasteiger partial charge on any atom is -0.399 e. The molecule has 2 N–H and O–H groups in total. The van der Waals surface area contributed by atoms with Crippen LogP contribution < -0.4 is 15.9 Å². The van der Waals surface area contributed by atoms with Gasteiger partial charge in [-0.1, -0.05) is 11.2 Å². The predicted molar refractivity (Wildman–Crippen MR) is 78.0 cm³/mol. The SMILES string of the molecule is CNc1[nH+]oc2ccc(B3OC(C)(C)C(C)(C)O3)cc12. The van der Waals surface area contributed by atoms with Crippen molar-refractivity contribution in [1.82, 2.24) is 0 Å². The number of rotatable bonds is 2. The van der Waals surface area contributed by atoms with Crippen LogP contribution in [0.25, 0.3) is 11.0 Å². The highest BCUT2D eigenvalue weighted by atomic mass is 16.7. The summed E-state index contributed by atoms with van der Waals surface area (Å²) in [5.41, 5.74) is 1.12. The van der Waals surface area contributed by atoms with Gasteiger partial charge in [0.1, 0.15) is 5.39 Å². The Kier molecular flexibility index (Phi) is 2.85. The zero-order valence-corrected chi connectivity index (χ0v) is 12.5. The van der Waals surface area contributed by atoms with Gasteiger partial charge in [0, 0.05) is 0 Å². The van der Waals surface area contributed by atoms with Gasteiger partial charge in [0.15, 0.2) is 5.58 Å². The fraction of sp³-hybridized carbons (Fsp3) is 0.500. The molecule has 20 heavy (non-hydrogen) atoms. The van der Waals surface area contributed by atoms with Gasteiger partial charge in [-0.15, -0.1) is 0 Å². The Balaban J connectivity index is 1.99. The molecule has 5 nitrogen and oxygen atoms in total. The van der Waals surface area contributed by atoms with Crippen LogP contribution in [0.3, 0.4) is 0 Å². The molecule has 0 unspecified atom stereocenters. The average Bonchev–Trinajstić information content (AvgIpc) is 2.87. The highest BCUT2D eigenvalue weighted by Crippen LogP contribution is 2.36. The highest BCUT2D eigenvalue weighted by molar-refractivity contribution is 6.62. The number of aromatic nitrogens is 1. The van der Waals surface area contributed by atoms with E-state index in [0.717, 1.165) is 22.2 Å². The standard InChI is InChI=1S/C14H19BN2O3/c1-13(2)14(3,4)20-15(19-13)9-6-7-11-10(8-9)12(16-5)17-18-11/h6-8H,1-5H3,(H,16,17)/p+1. The zero-order valence-electron chi connectivity index (χ0n) is 12.5. The third-order valence-corrected chi connectivity index (χ3v) is 4.31. The third-order valence-electron chi connectivity index (χ3n) is 4.31. The number of benzene rings is 1. The van der Waals surface area contributed by atoms with Crippen molar-refractivity contribution in [3.63, 3.8) is 0 Å². The van der Waals surface area contributed by atoms with Gasteiger partial charge in [0.2, 0.25) is 0 Å². The first kappa shape index (κ1) is 13.5. The van der Waals surface area contributed by atoms with E-state index in [1.54, 1.807) is 0 Å². The summed E-state index contributed by atoms with van der Waals surface area (Å²) < 4.78 is 17.5. The lowest BCUT2D eigenvalue weighted by atomic mass is 9.78. The molecule has 1 aromatic carbocycles. The van der Waals surface area contributed by atoms with Gasteiger partial charge < -0.3 is 13.8 Å². The second kappa shape index (κ2) is 4.23. The van der Waals surface area contributed by atoms with Gasteiger partial charge >= 0.3 is 12.9 Å². The molecular formula is C14H20BN2O3+. The number of aromatic amines is 1. The molecule has 1 aromatic heterocycles. The maximum absolute atomic E-state index is 6.07. The van der Waals surface area contributed by atoms with Crippen LogP contribution in [0.5, 0.6) is 0 Å². The highest BCUT2D eigenvalue weighted by Gasteiger charge is 2.51. The van der Waals surface area contributed by atoms with Crippen molar-refractivity contribution >= 4 is 29.4 Å². The van der Waals surface area contributed by atoms with Crippen LogP contribution in [0.2, 0.25) is 0 Å². The quantitative estimate of drug-likeness (QED) is 0.845. The van der Waals surface area contributed by atoms with Crippen LogP contribution in [0.15, 0.2) is 22.7 Å². The lowest BCUT2D eigenvalue weighted by Crippen LogP contribution is -2.41. The molecule has 3 rings (SSSR count). The van der Waals surface area contributed by atoms with Crippen molar-refractivity contribution in [3.8, 4) is 0 Å². The number of anilines is 1. The number of hydrogen-bond acceptors (Lipinski definition) is 4. The minimum absolute atomic E-state index is 0.332. The fourth-order valence-corrected chi connectivity index (χ4v) is 2.30. The Hall–Kier alpha value is -1.53. The molecule has 1 aliphatic heterocycles. The summed E-state index contributed by atoms with van der Waals surface area (Å²) in [5.74, 6) is 0.846. The molecule has 106 valence electrons. The second-order valence-corrected chi connectivity index (χ2v) is 6.17. The van der Waals surface area contributed by atoms with E-state index in [1.807, 2.05) is 25.2 Å². The van der Waals surface area contributed by atoms with Crippen LogP contribution in [0.1, 0.15) is 27.7 Å². The lowest BCUT2D eigenvalue weighted by Gasteiger charge is -2.32.